The average molecular weight is 377 g/mol. The number of benzene rings is 2. The number of nitrogens with one attached hydrogen (secondary N) is 1. The summed E-state index contributed by atoms with van der Waals surface area (Å²) >= 11 is 0. The van der Waals surface area contributed by atoms with Crippen LogP contribution >= 0.6 is 0 Å². The summed E-state index contributed by atoms with van der Waals surface area (Å²) in [5.41, 5.74) is -0.263. The molecular weight excluding hydrogens is 356 g/mol. The van der Waals surface area contributed by atoms with Crippen LogP contribution in [0.15, 0.2) is 36.4 Å². The maximum atomic E-state index is 14.0. The van der Waals surface area contributed by atoms with Crippen molar-refractivity contribution in [3.8, 4) is 11.5 Å². The summed E-state index contributed by atoms with van der Waals surface area (Å²) in [6, 6.07) is 8.49. The number of hydrogen-bond donors (Lipinski definition) is 1. The zero-order valence-corrected chi connectivity index (χ0v) is 15.0. The standard InChI is InChI=1S/C20H21F2NO4/c1-25-16-10-17(21)19(18(22)11-16)20(24)23-13-5-7-14(8-6-13)27-12-15-4-2-3-9-26-15/h5-8,10-11,15H,2-4,9,12H2,1H3,(H,23,24). The van der Waals surface area contributed by atoms with Gasteiger partial charge in [0, 0.05) is 24.4 Å². The second-order valence-electron chi connectivity index (χ2n) is 6.24. The van der Waals surface area contributed by atoms with Crippen LogP contribution in [-0.2, 0) is 4.74 Å². The lowest BCUT2D eigenvalue weighted by molar-refractivity contribution is -0.0110. The molecule has 1 unspecified atom stereocenters. The predicted molar refractivity (Wildman–Crippen MR) is 96.4 cm³/mol. The van der Waals surface area contributed by atoms with Crippen molar-refractivity contribution in [2.45, 2.75) is 25.4 Å². The van der Waals surface area contributed by atoms with Crippen molar-refractivity contribution in [1.29, 1.82) is 0 Å². The van der Waals surface area contributed by atoms with Gasteiger partial charge in [-0.2, -0.15) is 0 Å². The van der Waals surface area contributed by atoms with E-state index in [0.717, 1.165) is 38.0 Å². The highest BCUT2D eigenvalue weighted by Crippen LogP contribution is 2.23. The Kier molecular flexibility index (Phi) is 6.24. The number of halogens is 2. The molecule has 2 aromatic carbocycles. The maximum Gasteiger partial charge on any atom is 0.261 e. The van der Waals surface area contributed by atoms with Crippen LogP contribution in [0.25, 0.3) is 0 Å². The highest BCUT2D eigenvalue weighted by Gasteiger charge is 2.19. The normalized spacial score (nSPS) is 16.6. The highest BCUT2D eigenvalue weighted by molar-refractivity contribution is 6.04. The van der Waals surface area contributed by atoms with Crippen LogP contribution in [0.2, 0.25) is 0 Å². The van der Waals surface area contributed by atoms with Crippen molar-refractivity contribution in [2.75, 3.05) is 25.6 Å². The molecule has 0 bridgehead atoms. The molecule has 1 amide bonds. The second kappa shape index (κ2) is 8.81. The molecule has 1 N–H and O–H groups in total. The third kappa shape index (κ3) is 4.95. The largest absolute Gasteiger partial charge is 0.497 e. The Morgan fingerprint density at radius 3 is 2.44 bits per heavy atom. The Bertz CT molecular complexity index is 766. The van der Waals surface area contributed by atoms with E-state index in [-0.39, 0.29) is 11.9 Å². The second-order valence-corrected chi connectivity index (χ2v) is 6.24. The van der Waals surface area contributed by atoms with Crippen molar-refractivity contribution in [3.63, 3.8) is 0 Å². The van der Waals surface area contributed by atoms with E-state index >= 15 is 0 Å². The van der Waals surface area contributed by atoms with E-state index in [4.69, 9.17) is 14.2 Å². The van der Waals surface area contributed by atoms with Gasteiger partial charge >= 0.3 is 0 Å². The van der Waals surface area contributed by atoms with Crippen molar-refractivity contribution < 1.29 is 27.8 Å². The van der Waals surface area contributed by atoms with Crippen molar-refractivity contribution >= 4 is 11.6 Å². The molecule has 1 aliphatic heterocycles. The molecule has 27 heavy (non-hydrogen) atoms. The number of rotatable bonds is 6. The molecule has 0 radical (unpaired) electrons. The topological polar surface area (TPSA) is 56.8 Å². The van der Waals surface area contributed by atoms with Crippen LogP contribution < -0.4 is 14.8 Å². The molecule has 144 valence electrons. The Morgan fingerprint density at radius 2 is 1.85 bits per heavy atom. The van der Waals surface area contributed by atoms with Crippen LogP contribution in [0.1, 0.15) is 29.6 Å². The number of carbonyl (C=O) groups excluding carboxylic acids is 1. The Balaban J connectivity index is 1.60. The molecule has 3 rings (SSSR count). The fraction of sp³-hybridized carbons (Fsp3) is 0.350. The van der Waals surface area contributed by atoms with Gasteiger partial charge in [0.05, 0.1) is 13.2 Å². The summed E-state index contributed by atoms with van der Waals surface area (Å²) in [5.74, 6) is -2.22. The van der Waals surface area contributed by atoms with E-state index in [1.807, 2.05) is 0 Å². The lowest BCUT2D eigenvalue weighted by Gasteiger charge is -2.22. The zero-order valence-electron chi connectivity index (χ0n) is 15.0. The molecule has 0 saturated carbocycles. The van der Waals surface area contributed by atoms with Crippen LogP contribution in [0, 0.1) is 11.6 Å². The lowest BCUT2D eigenvalue weighted by Crippen LogP contribution is -2.25. The summed E-state index contributed by atoms with van der Waals surface area (Å²) in [4.78, 5) is 12.2. The maximum absolute atomic E-state index is 14.0. The van der Waals surface area contributed by atoms with E-state index in [2.05, 4.69) is 5.32 Å². The average Bonchev–Trinajstić information content (AvgIpc) is 2.67. The first kappa shape index (κ1) is 19.1. The molecule has 0 aromatic heterocycles. The fourth-order valence-corrected chi connectivity index (χ4v) is 2.84. The smallest absolute Gasteiger partial charge is 0.261 e. The highest BCUT2D eigenvalue weighted by atomic mass is 19.1. The molecule has 7 heteroatoms. The van der Waals surface area contributed by atoms with Gasteiger partial charge in [-0.1, -0.05) is 0 Å². The number of ether oxygens (including phenoxy) is 3. The van der Waals surface area contributed by atoms with E-state index in [1.54, 1.807) is 24.3 Å². The summed E-state index contributed by atoms with van der Waals surface area (Å²) < 4.78 is 44.0. The van der Waals surface area contributed by atoms with Gasteiger partial charge in [0.25, 0.3) is 5.91 Å². The Hall–Kier alpha value is -2.67. The van der Waals surface area contributed by atoms with Crippen molar-refractivity contribution in [2.24, 2.45) is 0 Å². The summed E-state index contributed by atoms with van der Waals surface area (Å²) in [7, 11) is 1.29. The number of amides is 1. The lowest BCUT2D eigenvalue weighted by atomic mass is 10.1. The van der Waals surface area contributed by atoms with Crippen LogP contribution in [0.3, 0.4) is 0 Å². The van der Waals surface area contributed by atoms with E-state index < -0.39 is 23.1 Å². The molecule has 5 nitrogen and oxygen atoms in total. The van der Waals surface area contributed by atoms with Gasteiger partial charge in [-0.3, -0.25) is 4.79 Å². The monoisotopic (exact) mass is 377 g/mol. The van der Waals surface area contributed by atoms with Crippen molar-refractivity contribution in [3.05, 3.63) is 53.6 Å². The van der Waals surface area contributed by atoms with Gasteiger partial charge in [0.2, 0.25) is 0 Å². The molecule has 1 saturated heterocycles. The minimum Gasteiger partial charge on any atom is -0.497 e. The van der Waals surface area contributed by atoms with Crippen molar-refractivity contribution in [1.82, 2.24) is 0 Å². The molecule has 2 aromatic rings. The number of hydrogen-bond acceptors (Lipinski definition) is 4. The number of carbonyl (C=O) groups is 1. The molecule has 0 aliphatic carbocycles. The minimum absolute atomic E-state index is 0.00463. The third-order valence-electron chi connectivity index (χ3n) is 4.30. The summed E-state index contributed by atoms with van der Waals surface area (Å²) in [5, 5.41) is 2.47. The van der Waals surface area contributed by atoms with Gasteiger partial charge in [0.15, 0.2) is 0 Å². The fourth-order valence-electron chi connectivity index (χ4n) is 2.84. The number of methoxy groups -OCH3 is 1. The van der Waals surface area contributed by atoms with Gasteiger partial charge in [-0.15, -0.1) is 0 Å². The first-order chi connectivity index (χ1) is 13.1. The number of anilines is 1. The molecular formula is C20H21F2NO4. The van der Waals surface area contributed by atoms with Crippen LogP contribution in [-0.4, -0.2) is 32.3 Å². The first-order valence-electron chi connectivity index (χ1n) is 8.75. The Labute approximate surface area is 156 Å². The SMILES string of the molecule is COc1cc(F)c(C(=O)Nc2ccc(OCC3CCCCO3)cc2)c(F)c1. The van der Waals surface area contributed by atoms with Gasteiger partial charge in [-0.05, 0) is 43.5 Å². The van der Waals surface area contributed by atoms with Gasteiger partial charge in [0.1, 0.15) is 35.3 Å². The molecule has 1 atom stereocenters. The zero-order chi connectivity index (χ0) is 19.2. The molecule has 1 aliphatic rings. The third-order valence-corrected chi connectivity index (χ3v) is 4.30. The van der Waals surface area contributed by atoms with Gasteiger partial charge < -0.3 is 19.5 Å². The molecule has 0 spiro atoms. The first-order valence-corrected chi connectivity index (χ1v) is 8.75. The van der Waals surface area contributed by atoms with Gasteiger partial charge in [-0.25, -0.2) is 8.78 Å². The predicted octanol–water partition coefficient (Wildman–Crippen LogP) is 4.17. The molecule has 1 heterocycles. The molecule has 1 fully saturated rings. The van der Waals surface area contributed by atoms with E-state index in [1.165, 1.54) is 7.11 Å². The summed E-state index contributed by atoms with van der Waals surface area (Å²) in [6.07, 6.45) is 3.30. The quantitative estimate of drug-likeness (QED) is 0.821. The minimum atomic E-state index is -0.989. The van der Waals surface area contributed by atoms with E-state index in [9.17, 15) is 13.6 Å². The summed E-state index contributed by atoms with van der Waals surface area (Å²) in [6.45, 7) is 1.23. The van der Waals surface area contributed by atoms with Crippen LogP contribution in [0.5, 0.6) is 11.5 Å². The van der Waals surface area contributed by atoms with Crippen LogP contribution in [0.4, 0.5) is 14.5 Å². The van der Waals surface area contributed by atoms with E-state index in [0.29, 0.717) is 18.0 Å². The Morgan fingerprint density at radius 1 is 1.15 bits per heavy atom.